The number of aryl methyl sites for hydroxylation is 1. The zero-order chi connectivity index (χ0) is 21.4. The van der Waals surface area contributed by atoms with Crippen LogP contribution >= 0.6 is 0 Å². The average molecular weight is 417 g/mol. The third kappa shape index (κ3) is 3.63. The lowest BCUT2D eigenvalue weighted by molar-refractivity contribution is -0.116. The van der Waals surface area contributed by atoms with Crippen molar-refractivity contribution in [3.63, 3.8) is 0 Å². The van der Waals surface area contributed by atoms with Crippen molar-refractivity contribution in [2.75, 3.05) is 5.32 Å². The number of carbonyl (C=O) groups is 1. The molecule has 2 aromatic heterocycles. The predicted molar refractivity (Wildman–Crippen MR) is 117 cm³/mol. The standard InChI is InChI=1S/C22H23N7O2/c1-2-12-27-18-8-3-4-9-19(18)28(22(27)31)14-20(30)23-16-7-5-6-15(13-16)21-24-25-26-29(21)17-10-11-17/h3-9,13,17H,2,10-12,14H2,1H3,(H,23,30). The van der Waals surface area contributed by atoms with Gasteiger partial charge in [-0.1, -0.05) is 31.2 Å². The van der Waals surface area contributed by atoms with E-state index in [-0.39, 0.29) is 18.1 Å². The topological polar surface area (TPSA) is 99.6 Å². The molecule has 0 unspecified atom stereocenters. The van der Waals surface area contributed by atoms with Crippen molar-refractivity contribution in [1.29, 1.82) is 0 Å². The number of fused-ring (bicyclic) bond motifs is 1. The maximum absolute atomic E-state index is 12.9. The number of tetrazole rings is 1. The van der Waals surface area contributed by atoms with Gasteiger partial charge in [-0.25, -0.2) is 9.48 Å². The molecule has 0 bridgehead atoms. The lowest BCUT2D eigenvalue weighted by atomic mass is 10.2. The summed E-state index contributed by atoms with van der Waals surface area (Å²) in [5, 5.41) is 14.9. The van der Waals surface area contributed by atoms with Crippen LogP contribution in [-0.4, -0.2) is 35.2 Å². The molecule has 1 aliphatic rings. The Hall–Kier alpha value is -3.75. The summed E-state index contributed by atoms with van der Waals surface area (Å²) in [4.78, 5) is 25.7. The third-order valence-electron chi connectivity index (χ3n) is 5.46. The Balaban J connectivity index is 1.39. The van der Waals surface area contributed by atoms with Crippen LogP contribution in [0.1, 0.15) is 32.2 Å². The van der Waals surface area contributed by atoms with E-state index in [9.17, 15) is 9.59 Å². The van der Waals surface area contributed by atoms with Gasteiger partial charge in [0, 0.05) is 17.8 Å². The van der Waals surface area contributed by atoms with E-state index in [1.54, 1.807) is 4.57 Å². The summed E-state index contributed by atoms with van der Waals surface area (Å²) >= 11 is 0. The van der Waals surface area contributed by atoms with E-state index in [1.165, 1.54) is 4.57 Å². The van der Waals surface area contributed by atoms with Gasteiger partial charge in [-0.15, -0.1) is 5.10 Å². The van der Waals surface area contributed by atoms with Crippen LogP contribution in [-0.2, 0) is 17.9 Å². The number of para-hydroxylation sites is 2. The second kappa shape index (κ2) is 7.82. The number of hydrogen-bond acceptors (Lipinski definition) is 5. The molecule has 1 N–H and O–H groups in total. The highest BCUT2D eigenvalue weighted by atomic mass is 16.2. The van der Waals surface area contributed by atoms with E-state index in [0.29, 0.717) is 24.1 Å². The summed E-state index contributed by atoms with van der Waals surface area (Å²) in [5.41, 5.74) is 2.91. The molecule has 1 fully saturated rings. The minimum atomic E-state index is -0.263. The minimum Gasteiger partial charge on any atom is -0.325 e. The van der Waals surface area contributed by atoms with Gasteiger partial charge in [0.2, 0.25) is 5.91 Å². The van der Waals surface area contributed by atoms with Crippen LogP contribution in [0.5, 0.6) is 0 Å². The maximum atomic E-state index is 12.9. The van der Waals surface area contributed by atoms with Gasteiger partial charge in [-0.3, -0.25) is 13.9 Å². The van der Waals surface area contributed by atoms with Gasteiger partial charge in [0.25, 0.3) is 0 Å². The van der Waals surface area contributed by atoms with Gasteiger partial charge in [0.15, 0.2) is 5.82 Å². The first-order chi connectivity index (χ1) is 15.2. The fourth-order valence-corrected chi connectivity index (χ4v) is 3.89. The Morgan fingerprint density at radius 3 is 2.61 bits per heavy atom. The van der Waals surface area contributed by atoms with E-state index in [4.69, 9.17) is 0 Å². The highest BCUT2D eigenvalue weighted by Crippen LogP contribution is 2.36. The molecule has 9 nitrogen and oxygen atoms in total. The molecule has 0 atom stereocenters. The van der Waals surface area contributed by atoms with E-state index in [1.807, 2.05) is 60.1 Å². The summed E-state index contributed by atoms with van der Waals surface area (Å²) in [6, 6.07) is 15.4. The summed E-state index contributed by atoms with van der Waals surface area (Å²) in [6.07, 6.45) is 3.00. The number of nitrogens with zero attached hydrogens (tertiary/aromatic N) is 6. The molecule has 0 spiro atoms. The van der Waals surface area contributed by atoms with E-state index < -0.39 is 0 Å². The Morgan fingerprint density at radius 2 is 1.87 bits per heavy atom. The number of aromatic nitrogens is 6. The first-order valence-electron chi connectivity index (χ1n) is 10.5. The maximum Gasteiger partial charge on any atom is 0.329 e. The summed E-state index contributed by atoms with van der Waals surface area (Å²) in [6.45, 7) is 2.59. The molecule has 158 valence electrons. The van der Waals surface area contributed by atoms with Gasteiger partial charge in [-0.2, -0.15) is 0 Å². The van der Waals surface area contributed by atoms with Gasteiger partial charge >= 0.3 is 5.69 Å². The van der Waals surface area contributed by atoms with Crippen molar-refractivity contribution in [2.24, 2.45) is 0 Å². The van der Waals surface area contributed by atoms with Gasteiger partial charge in [-0.05, 0) is 54.0 Å². The largest absolute Gasteiger partial charge is 0.329 e. The van der Waals surface area contributed by atoms with Gasteiger partial charge in [0.05, 0.1) is 17.1 Å². The quantitative estimate of drug-likeness (QED) is 0.498. The number of imidazole rings is 1. The van der Waals surface area contributed by atoms with Crippen LogP contribution < -0.4 is 11.0 Å². The second-order valence-electron chi connectivity index (χ2n) is 7.82. The van der Waals surface area contributed by atoms with Crippen LogP contribution in [0.2, 0.25) is 0 Å². The van der Waals surface area contributed by atoms with Gasteiger partial charge in [0.1, 0.15) is 6.54 Å². The molecule has 1 saturated carbocycles. The van der Waals surface area contributed by atoms with Crippen molar-refractivity contribution >= 4 is 22.6 Å². The van der Waals surface area contributed by atoms with Crippen LogP contribution in [0, 0.1) is 0 Å². The van der Waals surface area contributed by atoms with Crippen molar-refractivity contribution in [2.45, 2.75) is 45.3 Å². The van der Waals surface area contributed by atoms with Crippen molar-refractivity contribution in [1.82, 2.24) is 29.3 Å². The highest BCUT2D eigenvalue weighted by Gasteiger charge is 2.28. The Morgan fingerprint density at radius 1 is 1.10 bits per heavy atom. The monoisotopic (exact) mass is 417 g/mol. The molecular weight excluding hydrogens is 394 g/mol. The molecule has 0 aliphatic heterocycles. The predicted octanol–water partition coefficient (Wildman–Crippen LogP) is 2.84. The number of nitrogens with one attached hydrogen (secondary N) is 1. The van der Waals surface area contributed by atoms with Crippen LogP contribution in [0.4, 0.5) is 5.69 Å². The highest BCUT2D eigenvalue weighted by molar-refractivity contribution is 5.92. The SMILES string of the molecule is CCCn1c(=O)n(CC(=O)Nc2cccc(-c3nnnn3C3CC3)c2)c2ccccc21. The molecule has 0 radical (unpaired) electrons. The van der Waals surface area contributed by atoms with Crippen LogP contribution in [0.3, 0.4) is 0 Å². The van der Waals surface area contributed by atoms with Crippen molar-refractivity contribution in [3.05, 3.63) is 59.0 Å². The molecule has 2 heterocycles. The number of rotatable bonds is 7. The lowest BCUT2D eigenvalue weighted by Crippen LogP contribution is -2.29. The Bertz CT molecular complexity index is 1310. The molecule has 2 aromatic carbocycles. The number of benzene rings is 2. The number of carbonyl (C=O) groups excluding carboxylic acids is 1. The Labute approximate surface area is 178 Å². The fourth-order valence-electron chi connectivity index (χ4n) is 3.89. The van der Waals surface area contributed by atoms with Gasteiger partial charge < -0.3 is 5.32 Å². The minimum absolute atomic E-state index is 0.0555. The lowest BCUT2D eigenvalue weighted by Gasteiger charge is -2.08. The zero-order valence-electron chi connectivity index (χ0n) is 17.2. The zero-order valence-corrected chi connectivity index (χ0v) is 17.2. The number of amides is 1. The smallest absolute Gasteiger partial charge is 0.325 e. The first kappa shape index (κ1) is 19.2. The number of anilines is 1. The fraction of sp³-hybridized carbons (Fsp3) is 0.318. The number of hydrogen-bond donors (Lipinski definition) is 1. The molecule has 1 aliphatic carbocycles. The molecule has 9 heteroatoms. The van der Waals surface area contributed by atoms with Crippen LogP contribution in [0.25, 0.3) is 22.4 Å². The van der Waals surface area contributed by atoms with Crippen LogP contribution in [0.15, 0.2) is 53.3 Å². The molecule has 5 rings (SSSR count). The first-order valence-corrected chi connectivity index (χ1v) is 10.5. The second-order valence-corrected chi connectivity index (χ2v) is 7.82. The third-order valence-corrected chi connectivity index (χ3v) is 5.46. The molecule has 0 saturated heterocycles. The van der Waals surface area contributed by atoms with Crippen molar-refractivity contribution in [3.8, 4) is 11.4 Å². The molecule has 4 aromatic rings. The molecular formula is C22H23N7O2. The average Bonchev–Trinajstić information content (AvgIpc) is 3.45. The van der Waals surface area contributed by atoms with E-state index >= 15 is 0 Å². The summed E-state index contributed by atoms with van der Waals surface area (Å²) in [5.74, 6) is 0.429. The Kier molecular flexibility index (Phi) is 4.85. The van der Waals surface area contributed by atoms with Crippen molar-refractivity contribution < 1.29 is 4.79 Å². The molecule has 31 heavy (non-hydrogen) atoms. The normalized spacial score (nSPS) is 13.6. The molecule has 1 amide bonds. The summed E-state index contributed by atoms with van der Waals surface area (Å²) in [7, 11) is 0. The van der Waals surface area contributed by atoms with E-state index in [0.717, 1.165) is 35.9 Å². The summed E-state index contributed by atoms with van der Waals surface area (Å²) < 4.78 is 5.09. The van der Waals surface area contributed by atoms with E-state index in [2.05, 4.69) is 20.8 Å².